The molecule has 2 aromatic carbocycles. The number of fused-ring (bicyclic) bond motifs is 1. The molecule has 3 rings (SSSR count). The second kappa shape index (κ2) is 6.11. The van der Waals surface area contributed by atoms with Gasteiger partial charge in [-0.3, -0.25) is 0 Å². The number of anilines is 1. The number of rotatable bonds is 4. The van der Waals surface area contributed by atoms with Crippen molar-refractivity contribution in [3.05, 3.63) is 59.3 Å². The summed E-state index contributed by atoms with van der Waals surface area (Å²) in [4.78, 5) is 3.11. The SMILES string of the molecule is Cc1cc(OCCc2ccc(C(F)(F)F)cc2)cc2c(N)c[nH]c12. The van der Waals surface area contributed by atoms with Crippen molar-refractivity contribution in [2.45, 2.75) is 19.5 Å². The number of benzene rings is 2. The van der Waals surface area contributed by atoms with Gasteiger partial charge < -0.3 is 15.5 Å². The number of nitrogens with two attached hydrogens (primary N) is 1. The van der Waals surface area contributed by atoms with E-state index in [9.17, 15) is 13.2 Å². The topological polar surface area (TPSA) is 51.0 Å². The molecule has 0 saturated carbocycles. The van der Waals surface area contributed by atoms with Gasteiger partial charge in [0, 0.05) is 18.0 Å². The first-order valence-corrected chi connectivity index (χ1v) is 7.51. The van der Waals surface area contributed by atoms with E-state index in [4.69, 9.17) is 10.5 Å². The van der Waals surface area contributed by atoms with Crippen LogP contribution in [0.3, 0.4) is 0 Å². The first kappa shape index (κ1) is 16.2. The van der Waals surface area contributed by atoms with Crippen LogP contribution in [0.25, 0.3) is 10.9 Å². The maximum Gasteiger partial charge on any atom is 0.416 e. The number of alkyl halides is 3. The predicted molar refractivity (Wildman–Crippen MR) is 88.1 cm³/mol. The zero-order valence-electron chi connectivity index (χ0n) is 13.1. The minimum Gasteiger partial charge on any atom is -0.493 e. The summed E-state index contributed by atoms with van der Waals surface area (Å²) in [7, 11) is 0. The van der Waals surface area contributed by atoms with Gasteiger partial charge in [0.05, 0.1) is 23.4 Å². The summed E-state index contributed by atoms with van der Waals surface area (Å²) >= 11 is 0. The molecule has 3 N–H and O–H groups in total. The van der Waals surface area contributed by atoms with E-state index in [1.54, 1.807) is 6.20 Å². The first-order valence-electron chi connectivity index (χ1n) is 7.51. The number of ether oxygens (including phenoxy) is 1. The molecule has 1 aromatic heterocycles. The van der Waals surface area contributed by atoms with E-state index in [2.05, 4.69) is 4.98 Å². The molecule has 3 nitrogen and oxygen atoms in total. The maximum absolute atomic E-state index is 12.5. The van der Waals surface area contributed by atoms with Gasteiger partial charge in [-0.1, -0.05) is 12.1 Å². The first-order chi connectivity index (χ1) is 11.3. The van der Waals surface area contributed by atoms with Crippen LogP contribution in [0.4, 0.5) is 18.9 Å². The second-order valence-corrected chi connectivity index (χ2v) is 5.70. The summed E-state index contributed by atoms with van der Waals surface area (Å²) in [6.07, 6.45) is -2.04. The van der Waals surface area contributed by atoms with Gasteiger partial charge in [0.25, 0.3) is 0 Å². The number of aromatic nitrogens is 1. The van der Waals surface area contributed by atoms with E-state index >= 15 is 0 Å². The van der Waals surface area contributed by atoms with Gasteiger partial charge in [-0.25, -0.2) is 0 Å². The molecule has 0 bridgehead atoms. The quantitative estimate of drug-likeness (QED) is 0.727. The highest BCUT2D eigenvalue weighted by Crippen LogP contribution is 2.30. The third-order valence-electron chi connectivity index (χ3n) is 3.93. The molecule has 6 heteroatoms. The Morgan fingerprint density at radius 3 is 2.50 bits per heavy atom. The van der Waals surface area contributed by atoms with E-state index in [1.807, 2.05) is 19.1 Å². The van der Waals surface area contributed by atoms with Gasteiger partial charge in [0.1, 0.15) is 5.75 Å². The Morgan fingerprint density at radius 1 is 1.12 bits per heavy atom. The monoisotopic (exact) mass is 334 g/mol. The highest BCUT2D eigenvalue weighted by atomic mass is 19.4. The smallest absolute Gasteiger partial charge is 0.416 e. The lowest BCUT2D eigenvalue weighted by Crippen LogP contribution is -2.06. The van der Waals surface area contributed by atoms with Gasteiger partial charge in [0.2, 0.25) is 0 Å². The number of H-pyrrole nitrogens is 1. The molecule has 1 heterocycles. The standard InChI is InChI=1S/C18H17F3N2O/c1-11-8-14(9-15-16(22)10-23-17(11)15)24-7-6-12-2-4-13(5-3-12)18(19,20)21/h2-5,8-10,23H,6-7,22H2,1H3. The number of hydrogen-bond acceptors (Lipinski definition) is 2. The summed E-state index contributed by atoms with van der Waals surface area (Å²) in [5.41, 5.74) is 8.71. The molecule has 0 spiro atoms. The molecular formula is C18H17F3N2O. The van der Waals surface area contributed by atoms with Crippen molar-refractivity contribution in [3.63, 3.8) is 0 Å². The molecule has 0 atom stereocenters. The summed E-state index contributed by atoms with van der Waals surface area (Å²) in [5, 5.41) is 0.902. The Labute approximate surface area is 137 Å². The predicted octanol–water partition coefficient (Wildman–Crippen LogP) is 4.70. The largest absolute Gasteiger partial charge is 0.493 e. The Morgan fingerprint density at radius 2 is 1.83 bits per heavy atom. The number of nitrogen functional groups attached to an aromatic ring is 1. The number of hydrogen-bond donors (Lipinski definition) is 2. The van der Waals surface area contributed by atoms with Gasteiger partial charge in [-0.05, 0) is 42.3 Å². The third-order valence-corrected chi connectivity index (χ3v) is 3.93. The van der Waals surface area contributed by atoms with Crippen molar-refractivity contribution in [2.75, 3.05) is 12.3 Å². The number of aromatic amines is 1. The van der Waals surface area contributed by atoms with Crippen LogP contribution in [0.1, 0.15) is 16.7 Å². The average molecular weight is 334 g/mol. The lowest BCUT2D eigenvalue weighted by Gasteiger charge is -2.10. The van der Waals surface area contributed by atoms with Crippen LogP contribution < -0.4 is 10.5 Å². The van der Waals surface area contributed by atoms with Crippen LogP contribution in [-0.2, 0) is 12.6 Å². The fraction of sp³-hybridized carbons (Fsp3) is 0.222. The summed E-state index contributed by atoms with van der Waals surface area (Å²) in [5.74, 6) is 0.693. The fourth-order valence-electron chi connectivity index (χ4n) is 2.63. The molecule has 0 aliphatic heterocycles. The summed E-state index contributed by atoms with van der Waals surface area (Å²) in [6.45, 7) is 2.33. The normalized spacial score (nSPS) is 11.8. The molecule has 0 aliphatic rings. The Hall–Kier alpha value is -2.63. The van der Waals surface area contributed by atoms with Crippen molar-refractivity contribution in [3.8, 4) is 5.75 Å². The van der Waals surface area contributed by atoms with Crippen LogP contribution in [0.15, 0.2) is 42.6 Å². The Kier molecular flexibility index (Phi) is 4.13. The minimum absolute atomic E-state index is 0.376. The average Bonchev–Trinajstić information content (AvgIpc) is 2.89. The zero-order chi connectivity index (χ0) is 17.3. The fourth-order valence-corrected chi connectivity index (χ4v) is 2.63. The lowest BCUT2D eigenvalue weighted by molar-refractivity contribution is -0.137. The highest BCUT2D eigenvalue weighted by Gasteiger charge is 2.29. The molecule has 0 aliphatic carbocycles. The molecule has 0 radical (unpaired) electrons. The third kappa shape index (κ3) is 3.32. The van der Waals surface area contributed by atoms with Gasteiger partial charge >= 0.3 is 6.18 Å². The zero-order valence-corrected chi connectivity index (χ0v) is 13.1. The van der Waals surface area contributed by atoms with Crippen molar-refractivity contribution >= 4 is 16.6 Å². The minimum atomic E-state index is -4.31. The van der Waals surface area contributed by atoms with Crippen molar-refractivity contribution in [1.82, 2.24) is 4.98 Å². The molecule has 3 aromatic rings. The van der Waals surface area contributed by atoms with E-state index in [0.29, 0.717) is 24.5 Å². The lowest BCUT2D eigenvalue weighted by atomic mass is 10.1. The molecule has 0 saturated heterocycles. The second-order valence-electron chi connectivity index (χ2n) is 5.70. The van der Waals surface area contributed by atoms with Crippen molar-refractivity contribution in [2.24, 2.45) is 0 Å². The van der Waals surface area contributed by atoms with Crippen molar-refractivity contribution in [1.29, 1.82) is 0 Å². The van der Waals surface area contributed by atoms with E-state index in [1.165, 1.54) is 12.1 Å². The Bertz CT molecular complexity index is 851. The van der Waals surface area contributed by atoms with Crippen LogP contribution >= 0.6 is 0 Å². The maximum atomic E-state index is 12.5. The molecule has 24 heavy (non-hydrogen) atoms. The molecular weight excluding hydrogens is 317 g/mol. The number of aryl methyl sites for hydroxylation is 1. The molecule has 0 fully saturated rings. The molecule has 126 valence electrons. The summed E-state index contributed by atoms with van der Waals surface area (Å²) < 4.78 is 43.3. The van der Waals surface area contributed by atoms with Gasteiger partial charge in [-0.2, -0.15) is 13.2 Å². The van der Waals surface area contributed by atoms with E-state index < -0.39 is 11.7 Å². The number of halogens is 3. The van der Waals surface area contributed by atoms with Gasteiger partial charge in [0.15, 0.2) is 0 Å². The van der Waals surface area contributed by atoms with Crippen LogP contribution in [0.2, 0.25) is 0 Å². The molecule has 0 unspecified atom stereocenters. The number of nitrogens with one attached hydrogen (secondary N) is 1. The van der Waals surface area contributed by atoms with Crippen LogP contribution in [0.5, 0.6) is 5.75 Å². The van der Waals surface area contributed by atoms with Gasteiger partial charge in [-0.15, -0.1) is 0 Å². The van der Waals surface area contributed by atoms with Crippen LogP contribution in [-0.4, -0.2) is 11.6 Å². The Balaban J connectivity index is 1.65. The summed E-state index contributed by atoms with van der Waals surface area (Å²) in [6, 6.07) is 8.90. The van der Waals surface area contributed by atoms with Crippen molar-refractivity contribution < 1.29 is 17.9 Å². The van der Waals surface area contributed by atoms with Crippen LogP contribution in [0, 0.1) is 6.92 Å². The molecule has 0 amide bonds. The highest BCUT2D eigenvalue weighted by molar-refractivity contribution is 5.94. The van der Waals surface area contributed by atoms with E-state index in [-0.39, 0.29) is 0 Å². The van der Waals surface area contributed by atoms with E-state index in [0.717, 1.165) is 34.2 Å².